The molecule has 0 N–H and O–H groups in total. The summed E-state index contributed by atoms with van der Waals surface area (Å²) in [6.45, 7) is 5.92. The third kappa shape index (κ3) is 2.72. The lowest BCUT2D eigenvalue weighted by molar-refractivity contribution is -0.128. The Kier molecular flexibility index (Phi) is 4.02. The highest BCUT2D eigenvalue weighted by molar-refractivity contribution is 5.82. The van der Waals surface area contributed by atoms with Gasteiger partial charge in [0.05, 0.1) is 7.11 Å². The van der Waals surface area contributed by atoms with E-state index in [4.69, 9.17) is 4.74 Å². The lowest BCUT2D eigenvalue weighted by atomic mass is 9.90. The lowest BCUT2D eigenvalue weighted by Gasteiger charge is -2.37. The second-order valence-electron chi connectivity index (χ2n) is 5.07. The lowest BCUT2D eigenvalue weighted by Crippen LogP contribution is -2.46. The van der Waals surface area contributed by atoms with E-state index in [9.17, 15) is 4.79 Å². The van der Waals surface area contributed by atoms with Crippen molar-refractivity contribution in [3.05, 3.63) is 29.8 Å². The van der Waals surface area contributed by atoms with Gasteiger partial charge in [-0.15, -0.1) is 0 Å². The molecule has 1 saturated heterocycles. The molecule has 2 unspecified atom stereocenters. The molecule has 2 rings (SSSR count). The molecule has 0 amide bonds. The van der Waals surface area contributed by atoms with Gasteiger partial charge in [-0.05, 0) is 24.6 Å². The van der Waals surface area contributed by atoms with Crippen molar-refractivity contribution in [3.8, 4) is 5.75 Å². The molecule has 18 heavy (non-hydrogen) atoms. The van der Waals surface area contributed by atoms with Crippen molar-refractivity contribution in [1.29, 1.82) is 0 Å². The summed E-state index contributed by atoms with van der Waals surface area (Å²) in [6.07, 6.45) is 0.676. The number of piperidine rings is 1. The highest BCUT2D eigenvalue weighted by Crippen LogP contribution is 2.23. The molecule has 0 radical (unpaired) electrons. The molecule has 1 aromatic carbocycles. The fourth-order valence-electron chi connectivity index (χ4n) is 2.50. The van der Waals surface area contributed by atoms with Crippen molar-refractivity contribution >= 4 is 5.78 Å². The molecule has 3 nitrogen and oxygen atoms in total. The second kappa shape index (κ2) is 5.53. The van der Waals surface area contributed by atoms with E-state index >= 15 is 0 Å². The highest BCUT2D eigenvalue weighted by Gasteiger charge is 2.30. The van der Waals surface area contributed by atoms with E-state index in [0.29, 0.717) is 18.2 Å². The van der Waals surface area contributed by atoms with Crippen LogP contribution in [0, 0.1) is 5.92 Å². The number of ether oxygens (including phenoxy) is 1. The number of likely N-dealkylation sites (tertiary alicyclic amines) is 1. The van der Waals surface area contributed by atoms with Gasteiger partial charge in [0.25, 0.3) is 0 Å². The topological polar surface area (TPSA) is 29.5 Å². The second-order valence-corrected chi connectivity index (χ2v) is 5.07. The van der Waals surface area contributed by atoms with Crippen molar-refractivity contribution < 1.29 is 9.53 Å². The summed E-state index contributed by atoms with van der Waals surface area (Å²) in [4.78, 5) is 14.0. The Balaban J connectivity index is 2.06. The SMILES string of the molecule is COc1cccc(CN2CCC(=O)C(C)C2C)c1. The van der Waals surface area contributed by atoms with Crippen LogP contribution in [-0.4, -0.2) is 30.4 Å². The third-order valence-corrected chi connectivity index (χ3v) is 3.97. The van der Waals surface area contributed by atoms with Gasteiger partial charge in [0.1, 0.15) is 11.5 Å². The van der Waals surface area contributed by atoms with Crippen LogP contribution in [0.15, 0.2) is 24.3 Å². The van der Waals surface area contributed by atoms with Gasteiger partial charge in [0, 0.05) is 31.5 Å². The predicted octanol–water partition coefficient (Wildman–Crippen LogP) is 2.49. The Morgan fingerprint density at radius 3 is 2.89 bits per heavy atom. The van der Waals surface area contributed by atoms with Gasteiger partial charge in [0.2, 0.25) is 0 Å². The Hall–Kier alpha value is -1.35. The number of benzene rings is 1. The number of carbonyl (C=O) groups is 1. The van der Waals surface area contributed by atoms with Crippen molar-refractivity contribution in [2.75, 3.05) is 13.7 Å². The van der Waals surface area contributed by atoms with Crippen molar-refractivity contribution in [3.63, 3.8) is 0 Å². The Bertz CT molecular complexity index is 430. The number of ketones is 1. The summed E-state index contributed by atoms with van der Waals surface area (Å²) in [5, 5.41) is 0. The predicted molar refractivity (Wildman–Crippen MR) is 71.7 cm³/mol. The van der Waals surface area contributed by atoms with Crippen LogP contribution in [0.4, 0.5) is 0 Å². The normalized spacial score (nSPS) is 25.2. The van der Waals surface area contributed by atoms with Crippen LogP contribution in [0.3, 0.4) is 0 Å². The minimum absolute atomic E-state index is 0.143. The molecule has 0 saturated carbocycles. The van der Waals surface area contributed by atoms with E-state index in [2.05, 4.69) is 24.0 Å². The van der Waals surface area contributed by atoms with Gasteiger partial charge in [0.15, 0.2) is 0 Å². The first-order valence-electron chi connectivity index (χ1n) is 6.51. The largest absolute Gasteiger partial charge is 0.497 e. The average Bonchev–Trinajstić information content (AvgIpc) is 2.40. The quantitative estimate of drug-likeness (QED) is 0.822. The summed E-state index contributed by atoms with van der Waals surface area (Å²) in [5.41, 5.74) is 1.24. The molecule has 1 heterocycles. The molecule has 1 aliphatic rings. The standard InChI is InChI=1S/C15H21NO2/c1-11-12(2)16(8-7-15(11)17)10-13-5-4-6-14(9-13)18-3/h4-6,9,11-12H,7-8,10H2,1-3H3. The van der Waals surface area contributed by atoms with Crippen LogP contribution in [0.1, 0.15) is 25.8 Å². The molecule has 0 aromatic heterocycles. The van der Waals surface area contributed by atoms with Crippen molar-refractivity contribution in [2.45, 2.75) is 32.9 Å². The fraction of sp³-hybridized carbons (Fsp3) is 0.533. The molecule has 3 heteroatoms. The Morgan fingerprint density at radius 1 is 1.39 bits per heavy atom. The van der Waals surface area contributed by atoms with E-state index in [1.165, 1.54) is 5.56 Å². The summed E-state index contributed by atoms with van der Waals surface area (Å²) >= 11 is 0. The maximum absolute atomic E-state index is 11.7. The Morgan fingerprint density at radius 2 is 2.17 bits per heavy atom. The number of carbonyl (C=O) groups excluding carboxylic acids is 1. The number of Topliss-reactive ketones (excluding diaryl/α,β-unsaturated/α-hetero) is 1. The zero-order valence-corrected chi connectivity index (χ0v) is 11.3. The molecule has 0 aliphatic carbocycles. The molecular weight excluding hydrogens is 226 g/mol. The molecular formula is C15H21NO2. The minimum atomic E-state index is 0.143. The smallest absolute Gasteiger partial charge is 0.138 e. The first kappa shape index (κ1) is 13.1. The average molecular weight is 247 g/mol. The van der Waals surface area contributed by atoms with E-state index in [0.717, 1.165) is 18.8 Å². The van der Waals surface area contributed by atoms with Crippen LogP contribution in [0.25, 0.3) is 0 Å². The van der Waals surface area contributed by atoms with E-state index in [1.54, 1.807) is 7.11 Å². The molecule has 98 valence electrons. The van der Waals surface area contributed by atoms with Gasteiger partial charge in [-0.1, -0.05) is 19.1 Å². The fourth-order valence-corrected chi connectivity index (χ4v) is 2.50. The number of methoxy groups -OCH3 is 1. The van der Waals surface area contributed by atoms with Gasteiger partial charge < -0.3 is 4.74 Å². The molecule has 0 spiro atoms. The number of nitrogens with zero attached hydrogens (tertiary/aromatic N) is 1. The monoisotopic (exact) mass is 247 g/mol. The number of rotatable bonds is 3. The first-order chi connectivity index (χ1) is 8.61. The first-order valence-corrected chi connectivity index (χ1v) is 6.51. The van der Waals surface area contributed by atoms with E-state index < -0.39 is 0 Å². The maximum Gasteiger partial charge on any atom is 0.138 e. The van der Waals surface area contributed by atoms with E-state index in [1.807, 2.05) is 19.1 Å². The van der Waals surface area contributed by atoms with Crippen LogP contribution in [0.5, 0.6) is 5.75 Å². The van der Waals surface area contributed by atoms with Gasteiger partial charge >= 0.3 is 0 Å². The summed E-state index contributed by atoms with van der Waals surface area (Å²) < 4.78 is 5.24. The summed E-state index contributed by atoms with van der Waals surface area (Å²) in [5.74, 6) is 1.43. The van der Waals surface area contributed by atoms with Gasteiger partial charge in [-0.2, -0.15) is 0 Å². The maximum atomic E-state index is 11.7. The van der Waals surface area contributed by atoms with Crippen LogP contribution in [0.2, 0.25) is 0 Å². The number of hydrogen-bond donors (Lipinski definition) is 0. The van der Waals surface area contributed by atoms with Gasteiger partial charge in [-0.3, -0.25) is 9.69 Å². The third-order valence-electron chi connectivity index (χ3n) is 3.97. The molecule has 0 bridgehead atoms. The summed E-state index contributed by atoms with van der Waals surface area (Å²) in [7, 11) is 1.68. The van der Waals surface area contributed by atoms with Crippen LogP contribution >= 0.6 is 0 Å². The van der Waals surface area contributed by atoms with Crippen molar-refractivity contribution in [1.82, 2.24) is 4.90 Å². The highest BCUT2D eigenvalue weighted by atomic mass is 16.5. The zero-order chi connectivity index (χ0) is 13.1. The summed E-state index contributed by atoms with van der Waals surface area (Å²) in [6, 6.07) is 8.45. The molecule has 1 fully saturated rings. The van der Waals surface area contributed by atoms with Gasteiger partial charge in [-0.25, -0.2) is 0 Å². The number of hydrogen-bond acceptors (Lipinski definition) is 3. The molecule has 2 atom stereocenters. The Labute approximate surface area is 109 Å². The van der Waals surface area contributed by atoms with E-state index in [-0.39, 0.29) is 5.92 Å². The zero-order valence-electron chi connectivity index (χ0n) is 11.3. The minimum Gasteiger partial charge on any atom is -0.497 e. The van der Waals surface area contributed by atoms with Crippen molar-refractivity contribution in [2.24, 2.45) is 5.92 Å². The molecule has 1 aliphatic heterocycles. The van der Waals surface area contributed by atoms with Crippen LogP contribution in [-0.2, 0) is 11.3 Å². The van der Waals surface area contributed by atoms with Crippen LogP contribution < -0.4 is 4.74 Å². The molecule has 1 aromatic rings.